The second-order valence-corrected chi connectivity index (χ2v) is 8.80. The molecule has 0 aliphatic carbocycles. The Hall–Kier alpha value is -3.19. The van der Waals surface area contributed by atoms with Crippen LogP contribution >= 0.6 is 0 Å². The molecule has 0 aromatic heterocycles. The maximum absolute atomic E-state index is 13.2. The summed E-state index contributed by atoms with van der Waals surface area (Å²) in [5, 5.41) is 5.74. The Morgan fingerprint density at radius 2 is 1.72 bits per heavy atom. The summed E-state index contributed by atoms with van der Waals surface area (Å²) >= 11 is 0. The van der Waals surface area contributed by atoms with E-state index in [-0.39, 0.29) is 17.9 Å². The number of carbonyl (C=O) groups is 3. The molecule has 2 aromatic rings. The van der Waals surface area contributed by atoms with Gasteiger partial charge in [0.25, 0.3) is 5.91 Å². The van der Waals surface area contributed by atoms with Gasteiger partial charge in [-0.1, -0.05) is 54.6 Å². The Morgan fingerprint density at radius 1 is 1.06 bits per heavy atom. The minimum atomic E-state index is -1.19. The quantitative estimate of drug-likeness (QED) is 0.683. The Kier molecular flexibility index (Phi) is 6.02. The summed E-state index contributed by atoms with van der Waals surface area (Å²) in [5.74, 6) is -0.778. The van der Waals surface area contributed by atoms with Gasteiger partial charge in [-0.25, -0.2) is 4.79 Å². The predicted octanol–water partition coefficient (Wildman–Crippen LogP) is 2.63. The van der Waals surface area contributed by atoms with E-state index in [1.54, 1.807) is 6.92 Å². The maximum Gasteiger partial charge on any atom is 0.325 e. The summed E-state index contributed by atoms with van der Waals surface area (Å²) in [6.45, 7) is 4.96. The summed E-state index contributed by atoms with van der Waals surface area (Å²) in [7, 11) is 0. The largest absolute Gasteiger partial charge is 0.381 e. The molecule has 7 heteroatoms. The van der Waals surface area contributed by atoms with Crippen LogP contribution < -0.4 is 10.6 Å². The molecule has 2 aromatic carbocycles. The van der Waals surface area contributed by atoms with Crippen LogP contribution in [0.5, 0.6) is 0 Å². The molecule has 2 aliphatic rings. The van der Waals surface area contributed by atoms with E-state index < -0.39 is 17.5 Å². The SMILES string of the molecule is Cc1ccccc1C1(C)NC(=O)N(CC(=O)NCC2(c3ccccc3)CCOCC2)C1=O. The third kappa shape index (κ3) is 4.00. The first-order chi connectivity index (χ1) is 15.4. The number of rotatable bonds is 6. The van der Waals surface area contributed by atoms with E-state index in [4.69, 9.17) is 4.74 Å². The lowest BCUT2D eigenvalue weighted by molar-refractivity contribution is -0.135. The van der Waals surface area contributed by atoms with Gasteiger partial charge in [-0.2, -0.15) is 0 Å². The van der Waals surface area contributed by atoms with Crippen LogP contribution in [0.25, 0.3) is 0 Å². The number of ether oxygens (including phenoxy) is 1. The number of amides is 4. The van der Waals surface area contributed by atoms with E-state index in [1.807, 2.05) is 49.4 Å². The average Bonchev–Trinajstić information content (AvgIpc) is 3.03. The minimum absolute atomic E-state index is 0.220. The lowest BCUT2D eigenvalue weighted by Gasteiger charge is -2.38. The predicted molar refractivity (Wildman–Crippen MR) is 120 cm³/mol. The Bertz CT molecular complexity index is 1020. The number of benzene rings is 2. The van der Waals surface area contributed by atoms with Crippen molar-refractivity contribution >= 4 is 17.8 Å². The highest BCUT2D eigenvalue weighted by Crippen LogP contribution is 2.34. The first kappa shape index (κ1) is 22.0. The van der Waals surface area contributed by atoms with Gasteiger partial charge in [-0.05, 0) is 43.4 Å². The number of carbonyl (C=O) groups excluding carboxylic acids is 3. The summed E-state index contributed by atoms with van der Waals surface area (Å²) < 4.78 is 5.54. The Morgan fingerprint density at radius 3 is 2.41 bits per heavy atom. The van der Waals surface area contributed by atoms with Crippen molar-refractivity contribution in [3.8, 4) is 0 Å². The number of aryl methyl sites for hydroxylation is 1. The van der Waals surface area contributed by atoms with Crippen LogP contribution in [0.4, 0.5) is 4.79 Å². The van der Waals surface area contributed by atoms with E-state index in [2.05, 4.69) is 22.8 Å². The second-order valence-electron chi connectivity index (χ2n) is 8.80. The monoisotopic (exact) mass is 435 g/mol. The van der Waals surface area contributed by atoms with Crippen molar-refractivity contribution in [1.82, 2.24) is 15.5 Å². The Labute approximate surface area is 188 Å². The fraction of sp³-hybridized carbons (Fsp3) is 0.400. The van der Waals surface area contributed by atoms with Gasteiger partial charge >= 0.3 is 6.03 Å². The molecule has 0 radical (unpaired) electrons. The molecule has 1 atom stereocenters. The molecule has 2 fully saturated rings. The van der Waals surface area contributed by atoms with Gasteiger partial charge in [-0.3, -0.25) is 14.5 Å². The number of nitrogens with one attached hydrogen (secondary N) is 2. The zero-order chi connectivity index (χ0) is 22.8. The van der Waals surface area contributed by atoms with E-state index >= 15 is 0 Å². The Balaban J connectivity index is 1.45. The fourth-order valence-corrected chi connectivity index (χ4v) is 4.75. The summed E-state index contributed by atoms with van der Waals surface area (Å²) in [4.78, 5) is 39.6. The molecule has 2 N–H and O–H groups in total. The molecule has 7 nitrogen and oxygen atoms in total. The zero-order valence-corrected chi connectivity index (χ0v) is 18.5. The molecule has 32 heavy (non-hydrogen) atoms. The normalized spacial score (nSPS) is 22.5. The van der Waals surface area contributed by atoms with Crippen molar-refractivity contribution in [2.75, 3.05) is 26.3 Å². The molecular formula is C25H29N3O4. The topological polar surface area (TPSA) is 87.7 Å². The van der Waals surface area contributed by atoms with Crippen LogP contribution in [0.1, 0.15) is 36.5 Å². The molecule has 4 amide bonds. The van der Waals surface area contributed by atoms with Crippen molar-refractivity contribution in [1.29, 1.82) is 0 Å². The van der Waals surface area contributed by atoms with E-state index in [0.717, 1.165) is 34.4 Å². The van der Waals surface area contributed by atoms with Gasteiger partial charge in [0.2, 0.25) is 5.91 Å². The van der Waals surface area contributed by atoms with Crippen molar-refractivity contribution in [2.24, 2.45) is 0 Å². The van der Waals surface area contributed by atoms with Gasteiger partial charge in [-0.15, -0.1) is 0 Å². The highest BCUT2D eigenvalue weighted by atomic mass is 16.5. The third-order valence-corrected chi connectivity index (χ3v) is 6.72. The third-order valence-electron chi connectivity index (χ3n) is 6.72. The zero-order valence-electron chi connectivity index (χ0n) is 18.5. The van der Waals surface area contributed by atoms with Crippen LogP contribution in [0.2, 0.25) is 0 Å². The number of hydrogen-bond acceptors (Lipinski definition) is 4. The molecule has 168 valence electrons. The van der Waals surface area contributed by atoms with Crippen LogP contribution in [0, 0.1) is 6.92 Å². The molecule has 0 spiro atoms. The molecule has 2 heterocycles. The van der Waals surface area contributed by atoms with Crippen LogP contribution in [-0.4, -0.2) is 49.0 Å². The maximum atomic E-state index is 13.2. The van der Waals surface area contributed by atoms with Gasteiger partial charge < -0.3 is 15.4 Å². The van der Waals surface area contributed by atoms with Crippen molar-refractivity contribution < 1.29 is 19.1 Å². The lowest BCUT2D eigenvalue weighted by Crippen LogP contribution is -2.48. The van der Waals surface area contributed by atoms with Gasteiger partial charge in [0.05, 0.1) is 0 Å². The van der Waals surface area contributed by atoms with Crippen LogP contribution in [-0.2, 0) is 25.3 Å². The van der Waals surface area contributed by atoms with Gasteiger partial charge in [0.15, 0.2) is 0 Å². The number of hydrogen-bond donors (Lipinski definition) is 2. The first-order valence-corrected chi connectivity index (χ1v) is 11.0. The summed E-state index contributed by atoms with van der Waals surface area (Å²) in [5.41, 5.74) is 1.38. The molecule has 2 saturated heterocycles. The summed E-state index contributed by atoms with van der Waals surface area (Å²) in [6.07, 6.45) is 1.59. The second kappa shape index (κ2) is 8.74. The van der Waals surface area contributed by atoms with Crippen LogP contribution in [0.3, 0.4) is 0 Å². The smallest absolute Gasteiger partial charge is 0.325 e. The fourth-order valence-electron chi connectivity index (χ4n) is 4.75. The van der Waals surface area contributed by atoms with Crippen LogP contribution in [0.15, 0.2) is 54.6 Å². The average molecular weight is 436 g/mol. The van der Waals surface area contributed by atoms with E-state index in [9.17, 15) is 14.4 Å². The van der Waals surface area contributed by atoms with Gasteiger partial charge in [0, 0.05) is 25.2 Å². The lowest BCUT2D eigenvalue weighted by atomic mass is 9.74. The molecule has 0 bridgehead atoms. The molecule has 0 saturated carbocycles. The molecule has 2 aliphatic heterocycles. The van der Waals surface area contributed by atoms with E-state index in [0.29, 0.717) is 19.8 Å². The summed E-state index contributed by atoms with van der Waals surface area (Å²) in [6, 6.07) is 17.0. The molecular weight excluding hydrogens is 406 g/mol. The number of urea groups is 1. The van der Waals surface area contributed by atoms with Crippen molar-refractivity contribution in [3.63, 3.8) is 0 Å². The minimum Gasteiger partial charge on any atom is -0.381 e. The molecule has 1 unspecified atom stereocenters. The van der Waals surface area contributed by atoms with Gasteiger partial charge in [0.1, 0.15) is 12.1 Å². The number of nitrogens with zero attached hydrogens (tertiary/aromatic N) is 1. The first-order valence-electron chi connectivity index (χ1n) is 11.0. The van der Waals surface area contributed by atoms with E-state index in [1.165, 1.54) is 0 Å². The highest BCUT2D eigenvalue weighted by molar-refractivity contribution is 6.09. The highest BCUT2D eigenvalue weighted by Gasteiger charge is 2.50. The standard InChI is InChI=1S/C25H29N3O4/c1-18-8-6-7-11-20(18)24(2)22(30)28(23(31)27-24)16-21(29)26-17-25(12-14-32-15-13-25)19-9-4-3-5-10-19/h3-11H,12-17H2,1-2H3,(H,26,29)(H,27,31). The molecule has 4 rings (SSSR count). The van der Waals surface area contributed by atoms with Crippen molar-refractivity contribution in [2.45, 2.75) is 37.6 Å². The van der Waals surface area contributed by atoms with Crippen molar-refractivity contribution in [3.05, 3.63) is 71.3 Å². The number of imide groups is 1.